The van der Waals surface area contributed by atoms with Crippen LogP contribution < -0.4 is 21.4 Å². The monoisotopic (exact) mass is 538 g/mol. The van der Waals surface area contributed by atoms with E-state index in [0.29, 0.717) is 17.8 Å². The molecule has 0 heterocycles. The Kier molecular flexibility index (Phi) is 11.5. The number of amides is 3. The molecular formula is C31H30N4O5. The van der Waals surface area contributed by atoms with Gasteiger partial charge in [0.2, 0.25) is 5.91 Å². The van der Waals surface area contributed by atoms with Crippen LogP contribution in [0.25, 0.3) is 0 Å². The van der Waals surface area contributed by atoms with Gasteiger partial charge in [0, 0.05) is 22.4 Å². The Morgan fingerprint density at radius 2 is 1.45 bits per heavy atom. The molecule has 0 bridgehead atoms. The van der Waals surface area contributed by atoms with E-state index in [1.54, 1.807) is 36.4 Å². The van der Waals surface area contributed by atoms with Crippen molar-refractivity contribution in [1.29, 1.82) is 0 Å². The average Bonchev–Trinajstić information content (AvgIpc) is 2.97. The number of anilines is 1. The Morgan fingerprint density at radius 3 is 2.02 bits per heavy atom. The predicted octanol–water partition coefficient (Wildman–Crippen LogP) is 1.85. The summed E-state index contributed by atoms with van der Waals surface area (Å²) in [6.07, 6.45) is -0.349. The summed E-state index contributed by atoms with van der Waals surface area (Å²) in [6.45, 7) is 2.25. The molecule has 0 radical (unpaired) electrons. The molecule has 0 fully saturated rings. The Balaban J connectivity index is 1.45. The van der Waals surface area contributed by atoms with Crippen LogP contribution >= 0.6 is 0 Å². The van der Waals surface area contributed by atoms with E-state index in [1.807, 2.05) is 18.2 Å². The third-order valence-electron chi connectivity index (χ3n) is 5.67. The summed E-state index contributed by atoms with van der Waals surface area (Å²) in [5, 5.41) is 26.7. The lowest BCUT2D eigenvalue weighted by Crippen LogP contribution is -2.51. The van der Waals surface area contributed by atoms with E-state index in [-0.39, 0.29) is 18.0 Å². The van der Waals surface area contributed by atoms with E-state index in [9.17, 15) is 19.5 Å². The van der Waals surface area contributed by atoms with Crippen molar-refractivity contribution in [2.24, 2.45) is 0 Å². The molecule has 9 heteroatoms. The molecule has 3 aromatic carbocycles. The van der Waals surface area contributed by atoms with Crippen LogP contribution in [0.3, 0.4) is 0 Å². The molecule has 0 saturated heterocycles. The van der Waals surface area contributed by atoms with Crippen molar-refractivity contribution in [3.8, 4) is 23.7 Å². The minimum Gasteiger partial charge on any atom is -0.391 e. The van der Waals surface area contributed by atoms with Crippen LogP contribution in [0.2, 0.25) is 0 Å². The first-order valence-corrected chi connectivity index (χ1v) is 12.5. The number of nitrogens with one attached hydrogen (secondary N) is 4. The highest BCUT2D eigenvalue weighted by molar-refractivity contribution is 5.97. The van der Waals surface area contributed by atoms with E-state index in [2.05, 4.69) is 51.8 Å². The fraction of sp³-hybridized carbons (Fsp3) is 0.194. The van der Waals surface area contributed by atoms with Crippen molar-refractivity contribution in [3.63, 3.8) is 0 Å². The molecule has 0 aliphatic heterocycles. The predicted molar refractivity (Wildman–Crippen MR) is 151 cm³/mol. The quantitative estimate of drug-likeness (QED) is 0.101. The number of carbonyl (C=O) groups excluding carboxylic acids is 3. The summed E-state index contributed by atoms with van der Waals surface area (Å²) in [6, 6.07) is 22.2. The maximum atomic E-state index is 12.3. The number of hydrogen-bond donors (Lipinski definition) is 6. The third kappa shape index (κ3) is 9.75. The molecule has 9 nitrogen and oxygen atoms in total. The molecule has 3 amide bonds. The van der Waals surface area contributed by atoms with Crippen LogP contribution in [0.1, 0.15) is 34.0 Å². The van der Waals surface area contributed by atoms with E-state index < -0.39 is 24.0 Å². The smallest absolute Gasteiger partial charge is 0.268 e. The first-order chi connectivity index (χ1) is 19.4. The van der Waals surface area contributed by atoms with Gasteiger partial charge in [0.05, 0.1) is 12.6 Å². The van der Waals surface area contributed by atoms with Gasteiger partial charge in [-0.1, -0.05) is 42.2 Å². The molecule has 3 aromatic rings. The minimum absolute atomic E-state index is 0.125. The summed E-state index contributed by atoms with van der Waals surface area (Å²) in [5.41, 5.74) is 4.92. The molecule has 2 atom stereocenters. The second-order valence-corrected chi connectivity index (χ2v) is 8.78. The number of benzene rings is 3. The Morgan fingerprint density at radius 1 is 0.850 bits per heavy atom. The topological polar surface area (TPSA) is 140 Å². The van der Waals surface area contributed by atoms with Crippen molar-refractivity contribution in [2.75, 3.05) is 18.4 Å². The number of rotatable bonds is 10. The first kappa shape index (κ1) is 29.6. The fourth-order valence-electron chi connectivity index (χ4n) is 3.53. The van der Waals surface area contributed by atoms with E-state index >= 15 is 0 Å². The highest BCUT2D eigenvalue weighted by Crippen LogP contribution is 2.09. The Hall–Kier alpha value is -4.93. The zero-order chi connectivity index (χ0) is 28.7. The highest BCUT2D eigenvalue weighted by Gasteiger charge is 2.25. The van der Waals surface area contributed by atoms with Gasteiger partial charge in [-0.15, -0.1) is 0 Å². The van der Waals surface area contributed by atoms with Crippen LogP contribution in [0.4, 0.5) is 5.69 Å². The molecule has 6 N–H and O–H groups in total. The van der Waals surface area contributed by atoms with Crippen LogP contribution in [-0.2, 0) is 16.0 Å². The maximum Gasteiger partial charge on any atom is 0.268 e. The van der Waals surface area contributed by atoms with E-state index in [1.165, 1.54) is 30.1 Å². The van der Waals surface area contributed by atoms with Gasteiger partial charge in [0.15, 0.2) is 0 Å². The normalized spacial score (nSPS) is 11.5. The second-order valence-electron chi connectivity index (χ2n) is 8.78. The zero-order valence-electron chi connectivity index (χ0n) is 21.9. The second kappa shape index (κ2) is 15.5. The maximum absolute atomic E-state index is 12.3. The summed E-state index contributed by atoms with van der Waals surface area (Å²) < 4.78 is 0. The number of hydroxylamine groups is 1. The standard InChI is InChI=1S/C31H30N4O5/c1-22(36)29(31(39)35-40)34-30(38)26-15-11-24(12-16-26)9-5-6-10-25-13-17-27(18-14-25)33-28(37)21-32-20-19-23-7-3-2-4-8-23/h2-4,7-8,11-18,22,29,32,36,40H,19-21H2,1H3,(H,33,37)(H,34,38)(H,35,39)/t22-,29+/m1/s1. The van der Waals surface area contributed by atoms with Gasteiger partial charge in [0.1, 0.15) is 6.04 Å². The molecule has 0 unspecified atom stereocenters. The summed E-state index contributed by atoms with van der Waals surface area (Å²) in [4.78, 5) is 36.1. The van der Waals surface area contributed by atoms with Gasteiger partial charge < -0.3 is 21.1 Å². The summed E-state index contributed by atoms with van der Waals surface area (Å²) in [7, 11) is 0. The van der Waals surface area contributed by atoms with Gasteiger partial charge in [-0.2, -0.15) is 0 Å². The van der Waals surface area contributed by atoms with Crippen LogP contribution in [0, 0.1) is 23.7 Å². The molecule has 0 aliphatic rings. The zero-order valence-corrected chi connectivity index (χ0v) is 21.9. The lowest BCUT2D eigenvalue weighted by Gasteiger charge is -2.19. The SMILES string of the molecule is C[C@@H](O)[C@H](NC(=O)c1ccc(C#CC#Cc2ccc(NC(=O)CNCCc3ccccc3)cc2)cc1)C(=O)NO. The molecule has 0 spiro atoms. The lowest BCUT2D eigenvalue weighted by molar-refractivity contribution is -0.133. The van der Waals surface area contributed by atoms with Crippen LogP contribution in [0.15, 0.2) is 78.9 Å². The van der Waals surface area contributed by atoms with Crippen molar-refractivity contribution in [2.45, 2.75) is 25.5 Å². The number of aliphatic hydroxyl groups is 1. The van der Waals surface area contributed by atoms with Gasteiger partial charge in [-0.05, 0) is 85.8 Å². The van der Waals surface area contributed by atoms with Crippen LogP contribution in [0.5, 0.6) is 0 Å². The Bertz CT molecular complexity index is 1410. The highest BCUT2D eigenvalue weighted by atomic mass is 16.5. The van der Waals surface area contributed by atoms with Crippen molar-refractivity contribution in [3.05, 3.63) is 101 Å². The number of hydrogen-bond acceptors (Lipinski definition) is 6. The van der Waals surface area contributed by atoms with E-state index in [4.69, 9.17) is 5.21 Å². The third-order valence-corrected chi connectivity index (χ3v) is 5.67. The first-order valence-electron chi connectivity index (χ1n) is 12.5. The largest absolute Gasteiger partial charge is 0.391 e. The number of aliphatic hydroxyl groups excluding tert-OH is 1. The van der Waals surface area contributed by atoms with Crippen molar-refractivity contribution >= 4 is 23.4 Å². The molecule has 0 aromatic heterocycles. The summed E-state index contributed by atoms with van der Waals surface area (Å²) in [5.74, 6) is 9.70. The van der Waals surface area contributed by atoms with Crippen molar-refractivity contribution in [1.82, 2.24) is 16.1 Å². The minimum atomic E-state index is -1.30. The van der Waals surface area contributed by atoms with E-state index in [0.717, 1.165) is 12.0 Å². The molecule has 204 valence electrons. The van der Waals surface area contributed by atoms with Gasteiger partial charge in [-0.25, -0.2) is 5.48 Å². The average molecular weight is 539 g/mol. The van der Waals surface area contributed by atoms with Gasteiger partial charge in [-0.3, -0.25) is 19.6 Å². The van der Waals surface area contributed by atoms with Crippen LogP contribution in [-0.4, -0.2) is 53.3 Å². The molecular weight excluding hydrogens is 508 g/mol. The molecule has 40 heavy (non-hydrogen) atoms. The fourth-order valence-corrected chi connectivity index (χ4v) is 3.53. The molecule has 3 rings (SSSR count). The molecule has 0 aliphatic carbocycles. The van der Waals surface area contributed by atoms with Gasteiger partial charge in [0.25, 0.3) is 11.8 Å². The lowest BCUT2D eigenvalue weighted by atomic mass is 10.1. The molecule has 0 saturated carbocycles. The summed E-state index contributed by atoms with van der Waals surface area (Å²) >= 11 is 0. The van der Waals surface area contributed by atoms with Crippen molar-refractivity contribution < 1.29 is 24.7 Å². The number of carbonyl (C=O) groups is 3. The van der Waals surface area contributed by atoms with Gasteiger partial charge >= 0.3 is 0 Å². The Labute approximate surface area is 233 Å².